The molecule has 1 aliphatic rings. The van der Waals surface area contributed by atoms with Crippen molar-refractivity contribution in [2.24, 2.45) is 0 Å². The van der Waals surface area contributed by atoms with Crippen LogP contribution in [0.1, 0.15) is 44.6 Å². The van der Waals surface area contributed by atoms with Gasteiger partial charge in [-0.2, -0.15) is 0 Å². The fourth-order valence-electron chi connectivity index (χ4n) is 2.41. The predicted molar refractivity (Wildman–Crippen MR) is 76.2 cm³/mol. The molecule has 18 heavy (non-hydrogen) atoms. The van der Waals surface area contributed by atoms with Crippen LogP contribution in [0.25, 0.3) is 0 Å². The molecule has 1 atom stereocenters. The third-order valence-electron chi connectivity index (χ3n) is 3.57. The second-order valence-electron chi connectivity index (χ2n) is 5.17. The Bertz CT molecular complexity index is 325. The van der Waals surface area contributed by atoms with Crippen molar-refractivity contribution in [1.29, 1.82) is 0 Å². The normalized spacial score (nSPS) is 20.4. The van der Waals surface area contributed by atoms with Crippen molar-refractivity contribution in [3.8, 4) is 5.75 Å². The Labute approximate surface area is 111 Å². The number of nitrogens with one attached hydrogen (secondary N) is 1. The number of aryl methyl sites for hydroxylation is 1. The van der Waals surface area contributed by atoms with Gasteiger partial charge < -0.3 is 10.1 Å². The number of ether oxygens (including phenoxy) is 1. The summed E-state index contributed by atoms with van der Waals surface area (Å²) in [5.41, 5.74) is 1.42. The molecule has 0 spiro atoms. The molecule has 2 heteroatoms. The Morgan fingerprint density at radius 1 is 1.17 bits per heavy atom. The minimum absolute atomic E-state index is 0.390. The molecule has 1 aliphatic heterocycles. The van der Waals surface area contributed by atoms with Gasteiger partial charge >= 0.3 is 0 Å². The highest BCUT2D eigenvalue weighted by atomic mass is 16.5. The predicted octanol–water partition coefficient (Wildman–Crippen LogP) is 3.55. The van der Waals surface area contributed by atoms with Gasteiger partial charge in [0.25, 0.3) is 0 Å². The zero-order chi connectivity index (χ0) is 12.6. The lowest BCUT2D eigenvalue weighted by molar-refractivity contribution is 0.187. The first-order valence-corrected chi connectivity index (χ1v) is 7.35. The molecule has 1 aromatic carbocycles. The molecular formula is C16H25NO. The van der Waals surface area contributed by atoms with Crippen molar-refractivity contribution in [3.05, 3.63) is 29.8 Å². The number of hydrogen-bond donors (Lipinski definition) is 1. The van der Waals surface area contributed by atoms with Crippen LogP contribution < -0.4 is 10.1 Å². The maximum Gasteiger partial charge on any atom is 0.119 e. The van der Waals surface area contributed by atoms with E-state index in [9.17, 15) is 0 Å². The minimum Gasteiger partial charge on any atom is -0.490 e. The van der Waals surface area contributed by atoms with Crippen LogP contribution in [0, 0.1) is 0 Å². The third-order valence-corrected chi connectivity index (χ3v) is 3.57. The lowest BCUT2D eigenvalue weighted by Crippen LogP contribution is -2.19. The van der Waals surface area contributed by atoms with E-state index in [0.717, 1.165) is 25.3 Å². The summed E-state index contributed by atoms with van der Waals surface area (Å²) in [5.74, 6) is 1.03. The molecule has 1 fully saturated rings. The summed E-state index contributed by atoms with van der Waals surface area (Å²) in [7, 11) is 0. The fraction of sp³-hybridized carbons (Fsp3) is 0.625. The minimum atomic E-state index is 0.390. The van der Waals surface area contributed by atoms with E-state index in [2.05, 4.69) is 36.5 Å². The number of rotatable bonds is 5. The Morgan fingerprint density at radius 3 is 2.78 bits per heavy atom. The molecule has 1 aromatic rings. The molecule has 2 nitrogen and oxygen atoms in total. The lowest BCUT2D eigenvalue weighted by atomic mass is 10.1. The van der Waals surface area contributed by atoms with Crippen LogP contribution in [0.5, 0.6) is 5.75 Å². The summed E-state index contributed by atoms with van der Waals surface area (Å²) in [6, 6.07) is 8.67. The van der Waals surface area contributed by atoms with Crippen molar-refractivity contribution in [1.82, 2.24) is 5.32 Å². The Morgan fingerprint density at radius 2 is 2.00 bits per heavy atom. The van der Waals surface area contributed by atoms with Gasteiger partial charge in [-0.1, -0.05) is 25.5 Å². The van der Waals surface area contributed by atoms with E-state index in [1.165, 1.54) is 37.7 Å². The van der Waals surface area contributed by atoms with Gasteiger partial charge in [0, 0.05) is 0 Å². The molecule has 1 unspecified atom stereocenters. The summed E-state index contributed by atoms with van der Waals surface area (Å²) in [4.78, 5) is 0. The van der Waals surface area contributed by atoms with Crippen LogP contribution >= 0.6 is 0 Å². The molecule has 1 saturated heterocycles. The van der Waals surface area contributed by atoms with Crippen LogP contribution in [0.2, 0.25) is 0 Å². The van der Waals surface area contributed by atoms with Crippen molar-refractivity contribution in [2.45, 2.75) is 51.6 Å². The van der Waals surface area contributed by atoms with Crippen molar-refractivity contribution < 1.29 is 4.74 Å². The van der Waals surface area contributed by atoms with Gasteiger partial charge in [-0.05, 0) is 62.9 Å². The summed E-state index contributed by atoms with van der Waals surface area (Å²) in [6.07, 6.45) is 7.62. The topological polar surface area (TPSA) is 21.3 Å². The average Bonchev–Trinajstić information content (AvgIpc) is 2.67. The van der Waals surface area contributed by atoms with Gasteiger partial charge in [-0.15, -0.1) is 0 Å². The molecule has 0 saturated carbocycles. The molecule has 0 bridgehead atoms. The van der Waals surface area contributed by atoms with E-state index in [4.69, 9.17) is 4.74 Å². The quantitative estimate of drug-likeness (QED) is 0.859. The Kier molecular flexibility index (Phi) is 5.53. The third kappa shape index (κ3) is 4.34. The molecule has 0 radical (unpaired) electrons. The first kappa shape index (κ1) is 13.4. The number of unbranched alkanes of at least 4 members (excludes halogenated alkanes) is 1. The molecule has 0 aromatic heterocycles. The van der Waals surface area contributed by atoms with Gasteiger partial charge in [0.05, 0.1) is 6.10 Å². The molecule has 0 amide bonds. The zero-order valence-corrected chi connectivity index (χ0v) is 11.5. The summed E-state index contributed by atoms with van der Waals surface area (Å²) < 4.78 is 6.05. The van der Waals surface area contributed by atoms with Crippen LogP contribution in [-0.4, -0.2) is 19.2 Å². The van der Waals surface area contributed by atoms with Crippen LogP contribution in [-0.2, 0) is 6.42 Å². The van der Waals surface area contributed by atoms with Crippen molar-refractivity contribution >= 4 is 0 Å². The highest BCUT2D eigenvalue weighted by molar-refractivity contribution is 5.27. The molecular weight excluding hydrogens is 222 g/mol. The second kappa shape index (κ2) is 7.42. The van der Waals surface area contributed by atoms with E-state index in [-0.39, 0.29) is 0 Å². The van der Waals surface area contributed by atoms with E-state index >= 15 is 0 Å². The largest absolute Gasteiger partial charge is 0.490 e. The average molecular weight is 247 g/mol. The summed E-state index contributed by atoms with van der Waals surface area (Å²) in [5, 5.41) is 3.42. The van der Waals surface area contributed by atoms with Crippen LogP contribution in [0.15, 0.2) is 24.3 Å². The fourth-order valence-corrected chi connectivity index (χ4v) is 2.41. The maximum absolute atomic E-state index is 6.05. The van der Waals surface area contributed by atoms with Crippen molar-refractivity contribution in [3.63, 3.8) is 0 Å². The highest BCUT2D eigenvalue weighted by Crippen LogP contribution is 2.18. The van der Waals surface area contributed by atoms with Crippen LogP contribution in [0.3, 0.4) is 0 Å². The van der Waals surface area contributed by atoms with E-state index in [1.807, 2.05) is 0 Å². The molecule has 0 aliphatic carbocycles. The van der Waals surface area contributed by atoms with Gasteiger partial charge in [-0.25, -0.2) is 0 Å². The smallest absolute Gasteiger partial charge is 0.119 e. The Hall–Kier alpha value is -1.02. The highest BCUT2D eigenvalue weighted by Gasteiger charge is 2.13. The van der Waals surface area contributed by atoms with E-state index in [1.54, 1.807) is 0 Å². The second-order valence-corrected chi connectivity index (χ2v) is 5.17. The standard InChI is InChI=1S/C16H25NO/c1-2-3-5-14-7-9-16(10-8-14)18-15-6-4-12-17-13-11-15/h7-10,15,17H,2-6,11-13H2,1H3. The molecule has 1 N–H and O–H groups in total. The molecule has 100 valence electrons. The summed E-state index contributed by atoms with van der Waals surface area (Å²) >= 11 is 0. The van der Waals surface area contributed by atoms with Gasteiger partial charge in [0.2, 0.25) is 0 Å². The first-order chi connectivity index (χ1) is 8.88. The zero-order valence-electron chi connectivity index (χ0n) is 11.5. The van der Waals surface area contributed by atoms with Gasteiger partial charge in [0.15, 0.2) is 0 Å². The monoisotopic (exact) mass is 247 g/mol. The van der Waals surface area contributed by atoms with E-state index in [0.29, 0.717) is 6.10 Å². The van der Waals surface area contributed by atoms with Gasteiger partial charge in [0.1, 0.15) is 5.75 Å². The maximum atomic E-state index is 6.05. The van der Waals surface area contributed by atoms with E-state index < -0.39 is 0 Å². The SMILES string of the molecule is CCCCc1ccc(OC2CCCNCC2)cc1. The lowest BCUT2D eigenvalue weighted by Gasteiger charge is -2.16. The number of hydrogen-bond acceptors (Lipinski definition) is 2. The van der Waals surface area contributed by atoms with Crippen LogP contribution in [0.4, 0.5) is 0 Å². The van der Waals surface area contributed by atoms with Crippen molar-refractivity contribution in [2.75, 3.05) is 13.1 Å². The first-order valence-electron chi connectivity index (χ1n) is 7.35. The molecule has 1 heterocycles. The Balaban J connectivity index is 1.84. The number of benzene rings is 1. The van der Waals surface area contributed by atoms with Gasteiger partial charge in [-0.3, -0.25) is 0 Å². The molecule has 2 rings (SSSR count). The summed E-state index contributed by atoms with van der Waals surface area (Å²) in [6.45, 7) is 4.45.